The molecule has 1 heterocycles. The predicted molar refractivity (Wildman–Crippen MR) is 81.2 cm³/mol. The van der Waals surface area contributed by atoms with Crippen molar-refractivity contribution in [3.05, 3.63) is 60.3 Å². The lowest BCUT2D eigenvalue weighted by atomic mass is 10.1. The highest BCUT2D eigenvalue weighted by Crippen LogP contribution is 2.26. The Morgan fingerprint density at radius 2 is 1.91 bits per heavy atom. The van der Waals surface area contributed by atoms with Crippen LogP contribution in [0, 0.1) is 0 Å². The second-order valence-electron chi connectivity index (χ2n) is 4.79. The molecule has 0 saturated heterocycles. The van der Waals surface area contributed by atoms with E-state index in [2.05, 4.69) is 4.74 Å². The van der Waals surface area contributed by atoms with Gasteiger partial charge < -0.3 is 14.0 Å². The number of alkyl halides is 2. The minimum absolute atomic E-state index is 0.0727. The van der Waals surface area contributed by atoms with E-state index in [1.54, 1.807) is 41.1 Å². The van der Waals surface area contributed by atoms with E-state index in [4.69, 9.17) is 4.74 Å². The van der Waals surface area contributed by atoms with Crippen LogP contribution in [0.4, 0.5) is 8.78 Å². The molecule has 0 atom stereocenters. The third kappa shape index (κ3) is 2.88. The van der Waals surface area contributed by atoms with Gasteiger partial charge in [0.15, 0.2) is 0 Å². The summed E-state index contributed by atoms with van der Waals surface area (Å²) in [5, 5.41) is 0.722. The molecule has 0 amide bonds. The third-order valence-corrected chi connectivity index (χ3v) is 3.46. The highest BCUT2D eigenvalue weighted by molar-refractivity contribution is 6.04. The van der Waals surface area contributed by atoms with Gasteiger partial charge in [0, 0.05) is 23.3 Å². The molecule has 0 aliphatic carbocycles. The summed E-state index contributed by atoms with van der Waals surface area (Å²) in [5.41, 5.74) is 1.87. The molecule has 23 heavy (non-hydrogen) atoms. The van der Waals surface area contributed by atoms with Gasteiger partial charge in [0.2, 0.25) is 0 Å². The third-order valence-electron chi connectivity index (χ3n) is 3.46. The molecule has 0 radical (unpaired) electrons. The first-order chi connectivity index (χ1) is 11.1. The number of carbonyl (C=O) groups excluding carboxylic acids is 1. The molecule has 2 aromatic carbocycles. The minimum atomic E-state index is -2.88. The number of esters is 1. The second kappa shape index (κ2) is 6.08. The zero-order chi connectivity index (χ0) is 16.4. The summed E-state index contributed by atoms with van der Waals surface area (Å²) in [6.45, 7) is -2.88. The second-order valence-corrected chi connectivity index (χ2v) is 4.79. The molecule has 6 heteroatoms. The summed E-state index contributed by atoms with van der Waals surface area (Å²) < 4.78 is 35.7. The van der Waals surface area contributed by atoms with E-state index in [1.165, 1.54) is 19.2 Å². The van der Waals surface area contributed by atoms with E-state index >= 15 is 0 Å². The largest absolute Gasteiger partial charge is 0.465 e. The molecule has 0 aliphatic rings. The first-order valence-corrected chi connectivity index (χ1v) is 6.84. The number of benzene rings is 2. The SMILES string of the molecule is COC(=O)c1cccc2c1ccn2-c1cccc(OC(F)F)c1. The van der Waals surface area contributed by atoms with Crippen molar-refractivity contribution in [2.24, 2.45) is 0 Å². The monoisotopic (exact) mass is 317 g/mol. The van der Waals surface area contributed by atoms with Crippen molar-refractivity contribution >= 4 is 16.9 Å². The van der Waals surface area contributed by atoms with Crippen LogP contribution in [0.2, 0.25) is 0 Å². The number of carbonyl (C=O) groups is 1. The Morgan fingerprint density at radius 3 is 2.65 bits per heavy atom. The summed E-state index contributed by atoms with van der Waals surface area (Å²) >= 11 is 0. The maximum Gasteiger partial charge on any atom is 0.387 e. The van der Waals surface area contributed by atoms with Crippen LogP contribution in [0.3, 0.4) is 0 Å². The van der Waals surface area contributed by atoms with E-state index in [1.807, 2.05) is 6.07 Å². The van der Waals surface area contributed by atoms with Gasteiger partial charge in [-0.2, -0.15) is 8.78 Å². The molecule has 3 rings (SSSR count). The summed E-state index contributed by atoms with van der Waals surface area (Å²) in [7, 11) is 1.32. The molecule has 0 fully saturated rings. The first-order valence-electron chi connectivity index (χ1n) is 6.84. The maximum absolute atomic E-state index is 12.3. The number of aromatic nitrogens is 1. The first kappa shape index (κ1) is 15.0. The lowest BCUT2D eigenvalue weighted by molar-refractivity contribution is -0.0498. The Kier molecular flexibility index (Phi) is 3.97. The molecule has 0 spiro atoms. The van der Waals surface area contributed by atoms with Crippen molar-refractivity contribution < 1.29 is 23.0 Å². The van der Waals surface area contributed by atoms with Gasteiger partial charge >= 0.3 is 12.6 Å². The zero-order valence-electron chi connectivity index (χ0n) is 12.2. The number of hydrogen-bond donors (Lipinski definition) is 0. The van der Waals surface area contributed by atoms with Gasteiger partial charge in [-0.3, -0.25) is 0 Å². The van der Waals surface area contributed by atoms with Crippen molar-refractivity contribution in [2.75, 3.05) is 7.11 Å². The van der Waals surface area contributed by atoms with Crippen LogP contribution in [-0.4, -0.2) is 24.3 Å². The lowest BCUT2D eigenvalue weighted by Crippen LogP contribution is -2.03. The normalized spacial score (nSPS) is 11.0. The summed E-state index contributed by atoms with van der Waals surface area (Å²) in [5.74, 6) is -0.355. The average molecular weight is 317 g/mol. The topological polar surface area (TPSA) is 40.5 Å². The molecule has 0 bridgehead atoms. The van der Waals surface area contributed by atoms with Crippen LogP contribution in [0.25, 0.3) is 16.6 Å². The van der Waals surface area contributed by atoms with Gasteiger partial charge in [-0.15, -0.1) is 0 Å². The summed E-state index contributed by atoms with van der Waals surface area (Å²) in [6.07, 6.45) is 1.76. The van der Waals surface area contributed by atoms with E-state index in [0.29, 0.717) is 11.3 Å². The van der Waals surface area contributed by atoms with Gasteiger partial charge in [-0.25, -0.2) is 4.79 Å². The van der Waals surface area contributed by atoms with Gasteiger partial charge in [0.25, 0.3) is 0 Å². The van der Waals surface area contributed by atoms with Crippen LogP contribution in [0.1, 0.15) is 10.4 Å². The van der Waals surface area contributed by atoms with Crippen molar-refractivity contribution in [1.82, 2.24) is 4.57 Å². The van der Waals surface area contributed by atoms with Crippen LogP contribution >= 0.6 is 0 Å². The number of hydrogen-bond acceptors (Lipinski definition) is 3. The molecule has 3 aromatic rings. The van der Waals surface area contributed by atoms with Crippen LogP contribution in [-0.2, 0) is 4.74 Å². The van der Waals surface area contributed by atoms with E-state index in [0.717, 1.165) is 10.9 Å². The molecule has 118 valence electrons. The molecular formula is C17H13F2NO3. The lowest BCUT2D eigenvalue weighted by Gasteiger charge is -2.09. The van der Waals surface area contributed by atoms with E-state index < -0.39 is 12.6 Å². The minimum Gasteiger partial charge on any atom is -0.465 e. The Morgan fingerprint density at radius 1 is 1.13 bits per heavy atom. The van der Waals surface area contributed by atoms with Gasteiger partial charge in [-0.1, -0.05) is 12.1 Å². The van der Waals surface area contributed by atoms with Gasteiger partial charge in [0.05, 0.1) is 18.2 Å². The fraction of sp³-hybridized carbons (Fsp3) is 0.118. The molecule has 0 unspecified atom stereocenters. The van der Waals surface area contributed by atoms with Crippen molar-refractivity contribution in [2.45, 2.75) is 6.61 Å². The summed E-state index contributed by atoms with van der Waals surface area (Å²) in [4.78, 5) is 11.8. The smallest absolute Gasteiger partial charge is 0.387 e. The number of halogens is 2. The molecular weight excluding hydrogens is 304 g/mol. The van der Waals surface area contributed by atoms with E-state index in [9.17, 15) is 13.6 Å². The number of ether oxygens (including phenoxy) is 2. The number of fused-ring (bicyclic) bond motifs is 1. The Balaban J connectivity index is 2.09. The average Bonchev–Trinajstić information content (AvgIpc) is 2.97. The number of methoxy groups -OCH3 is 1. The number of rotatable bonds is 4. The fourth-order valence-electron chi connectivity index (χ4n) is 2.49. The van der Waals surface area contributed by atoms with E-state index in [-0.39, 0.29) is 5.75 Å². The van der Waals surface area contributed by atoms with Crippen molar-refractivity contribution in [1.29, 1.82) is 0 Å². The predicted octanol–water partition coefficient (Wildman–Crippen LogP) is 4.02. The molecule has 0 N–H and O–H groups in total. The quantitative estimate of drug-likeness (QED) is 0.682. The molecule has 1 aromatic heterocycles. The van der Waals surface area contributed by atoms with Crippen LogP contribution < -0.4 is 4.74 Å². The molecule has 4 nitrogen and oxygen atoms in total. The summed E-state index contributed by atoms with van der Waals surface area (Å²) in [6, 6.07) is 13.4. The standard InChI is InChI=1S/C17H13F2NO3/c1-22-16(21)14-6-3-7-15-13(14)8-9-20(15)11-4-2-5-12(10-11)23-17(18)19/h2-10,17H,1H3. The van der Waals surface area contributed by atoms with Crippen molar-refractivity contribution in [3.8, 4) is 11.4 Å². The van der Waals surface area contributed by atoms with Crippen LogP contribution in [0.5, 0.6) is 5.75 Å². The van der Waals surface area contributed by atoms with Crippen LogP contribution in [0.15, 0.2) is 54.7 Å². The Bertz CT molecular complexity index is 858. The van der Waals surface area contributed by atoms with Gasteiger partial charge in [0.1, 0.15) is 5.75 Å². The Hall–Kier alpha value is -2.89. The molecule has 0 aliphatic heterocycles. The fourth-order valence-corrected chi connectivity index (χ4v) is 2.49. The van der Waals surface area contributed by atoms with Crippen molar-refractivity contribution in [3.63, 3.8) is 0 Å². The highest BCUT2D eigenvalue weighted by atomic mass is 19.3. The maximum atomic E-state index is 12.3. The molecule has 0 saturated carbocycles. The van der Waals surface area contributed by atoms with Gasteiger partial charge in [-0.05, 0) is 30.3 Å². The highest BCUT2D eigenvalue weighted by Gasteiger charge is 2.13. The number of nitrogens with zero attached hydrogens (tertiary/aromatic N) is 1. The zero-order valence-corrected chi connectivity index (χ0v) is 12.2. The Labute approximate surface area is 130 Å².